The number of rotatable bonds is 3. The van der Waals surface area contributed by atoms with Gasteiger partial charge in [-0.3, -0.25) is 19.3 Å². The van der Waals surface area contributed by atoms with Gasteiger partial charge in [0.1, 0.15) is 10.7 Å². The molecule has 2 aromatic heterocycles. The van der Waals surface area contributed by atoms with Gasteiger partial charge in [0.2, 0.25) is 0 Å². The number of halogens is 5. The molecule has 0 saturated carbocycles. The van der Waals surface area contributed by atoms with E-state index in [1.165, 1.54) is 19.1 Å². The molecule has 0 radical (unpaired) electrons. The zero-order valence-electron chi connectivity index (χ0n) is 13.8. The van der Waals surface area contributed by atoms with Crippen LogP contribution < -0.4 is 5.32 Å². The van der Waals surface area contributed by atoms with Crippen molar-refractivity contribution in [3.8, 4) is 0 Å². The molecule has 0 fully saturated rings. The van der Waals surface area contributed by atoms with Gasteiger partial charge in [-0.25, -0.2) is 4.98 Å². The Bertz CT molecular complexity index is 1130. The normalized spacial score (nSPS) is 11.6. The average Bonchev–Trinajstić information content (AvgIpc) is 2.92. The molecule has 3 rings (SSSR count). The Morgan fingerprint density at radius 1 is 1.25 bits per heavy atom. The summed E-state index contributed by atoms with van der Waals surface area (Å²) in [6.45, 7) is 1.43. The quantitative estimate of drug-likeness (QED) is 0.458. The lowest BCUT2D eigenvalue weighted by molar-refractivity contribution is -0.384. The summed E-state index contributed by atoms with van der Waals surface area (Å²) in [4.78, 5) is 26.9. The molecular formula is C16H9Cl2F3N4O3. The third-order valence-electron chi connectivity index (χ3n) is 3.79. The minimum atomic E-state index is -4.68. The molecule has 3 aromatic rings. The maximum atomic E-state index is 13.1. The molecule has 0 aliphatic rings. The van der Waals surface area contributed by atoms with Crippen molar-refractivity contribution >= 4 is 46.1 Å². The summed E-state index contributed by atoms with van der Waals surface area (Å²) in [6.07, 6.45) is -3.97. The summed E-state index contributed by atoms with van der Waals surface area (Å²) in [5, 5.41) is 12.9. The number of nitro groups is 1. The van der Waals surface area contributed by atoms with Crippen LogP contribution in [-0.2, 0) is 6.18 Å². The van der Waals surface area contributed by atoms with Crippen molar-refractivity contribution in [2.24, 2.45) is 0 Å². The Labute approximate surface area is 164 Å². The molecule has 0 atom stereocenters. The predicted molar refractivity (Wildman–Crippen MR) is 96.0 cm³/mol. The SMILES string of the molecule is Cc1nc2c(Cl)cc(C(F)(F)F)cn2c1C(=O)Nc1ccc(Cl)c([N+](=O)[O-])c1. The fourth-order valence-corrected chi connectivity index (χ4v) is 3.00. The molecule has 0 saturated heterocycles. The zero-order chi connectivity index (χ0) is 20.8. The average molecular weight is 433 g/mol. The van der Waals surface area contributed by atoms with Gasteiger partial charge in [0.05, 0.1) is 21.2 Å². The van der Waals surface area contributed by atoms with Gasteiger partial charge in [-0.15, -0.1) is 0 Å². The summed E-state index contributed by atoms with van der Waals surface area (Å²) < 4.78 is 40.1. The number of hydrogen-bond donors (Lipinski definition) is 1. The van der Waals surface area contributed by atoms with Crippen LogP contribution in [0.5, 0.6) is 0 Å². The number of amides is 1. The number of aryl methyl sites for hydroxylation is 1. The highest BCUT2D eigenvalue weighted by Crippen LogP contribution is 2.33. The van der Waals surface area contributed by atoms with Gasteiger partial charge in [0, 0.05) is 18.0 Å². The maximum absolute atomic E-state index is 13.1. The summed E-state index contributed by atoms with van der Waals surface area (Å²) in [5.74, 6) is -0.822. The molecule has 2 heterocycles. The van der Waals surface area contributed by atoms with Crippen molar-refractivity contribution in [3.63, 3.8) is 0 Å². The minimum absolute atomic E-state index is 0.0283. The molecule has 1 aromatic carbocycles. The van der Waals surface area contributed by atoms with Gasteiger partial charge in [0.15, 0.2) is 5.65 Å². The predicted octanol–water partition coefficient (Wildman–Crippen LogP) is 5.13. The third kappa shape index (κ3) is 3.60. The molecule has 0 unspecified atom stereocenters. The molecular weight excluding hydrogens is 424 g/mol. The number of nitrogens with zero attached hydrogens (tertiary/aromatic N) is 3. The molecule has 7 nitrogen and oxygen atoms in total. The molecule has 28 heavy (non-hydrogen) atoms. The maximum Gasteiger partial charge on any atom is 0.417 e. The van der Waals surface area contributed by atoms with E-state index in [0.29, 0.717) is 12.3 Å². The Morgan fingerprint density at radius 3 is 2.54 bits per heavy atom. The van der Waals surface area contributed by atoms with Gasteiger partial charge in [-0.05, 0) is 25.1 Å². The van der Waals surface area contributed by atoms with E-state index < -0.39 is 28.3 Å². The number of hydrogen-bond acceptors (Lipinski definition) is 4. The first-order valence-corrected chi connectivity index (χ1v) is 8.25. The number of pyridine rings is 1. The smallest absolute Gasteiger partial charge is 0.320 e. The van der Waals surface area contributed by atoms with E-state index in [-0.39, 0.29) is 32.8 Å². The Balaban J connectivity index is 2.07. The van der Waals surface area contributed by atoms with Crippen LogP contribution in [-0.4, -0.2) is 20.2 Å². The van der Waals surface area contributed by atoms with Crippen LogP contribution >= 0.6 is 23.2 Å². The van der Waals surface area contributed by atoms with Crippen LogP contribution in [0, 0.1) is 17.0 Å². The molecule has 146 valence electrons. The third-order valence-corrected chi connectivity index (χ3v) is 4.39. The first kappa shape index (κ1) is 19.9. The Kier molecular flexibility index (Phi) is 4.94. The number of nitrogens with one attached hydrogen (secondary N) is 1. The van der Waals surface area contributed by atoms with Gasteiger partial charge in [0.25, 0.3) is 11.6 Å². The number of fused-ring (bicyclic) bond motifs is 1. The van der Waals surface area contributed by atoms with E-state index >= 15 is 0 Å². The minimum Gasteiger partial charge on any atom is -0.320 e. The molecule has 1 N–H and O–H groups in total. The van der Waals surface area contributed by atoms with Gasteiger partial charge >= 0.3 is 6.18 Å². The monoisotopic (exact) mass is 432 g/mol. The molecule has 0 aliphatic heterocycles. The first-order chi connectivity index (χ1) is 13.0. The van der Waals surface area contributed by atoms with Crippen LogP contribution in [0.25, 0.3) is 5.65 Å². The second kappa shape index (κ2) is 6.95. The zero-order valence-corrected chi connectivity index (χ0v) is 15.4. The van der Waals surface area contributed by atoms with Crippen molar-refractivity contribution in [1.82, 2.24) is 9.38 Å². The summed E-state index contributed by atoms with van der Waals surface area (Å²) in [7, 11) is 0. The second-order valence-corrected chi connectivity index (χ2v) is 6.51. The number of carbonyl (C=O) groups is 1. The van der Waals surface area contributed by atoms with Crippen LogP contribution in [0.2, 0.25) is 10.0 Å². The molecule has 0 spiro atoms. The fraction of sp³-hybridized carbons (Fsp3) is 0.125. The van der Waals surface area contributed by atoms with Crippen molar-refractivity contribution in [3.05, 3.63) is 67.6 Å². The summed E-state index contributed by atoms with van der Waals surface area (Å²) in [6, 6.07) is 4.29. The summed E-state index contributed by atoms with van der Waals surface area (Å²) >= 11 is 11.6. The standard InChI is InChI=1S/C16H9Cl2F3N4O3/c1-7-13(15(26)23-9-2-3-10(17)12(5-9)25(27)28)24-6-8(16(19,20)21)4-11(18)14(24)22-7/h2-6H,1H3,(H,23,26). The van der Waals surface area contributed by atoms with E-state index in [1.54, 1.807) is 0 Å². The van der Waals surface area contributed by atoms with E-state index in [4.69, 9.17) is 23.2 Å². The van der Waals surface area contributed by atoms with Crippen molar-refractivity contribution < 1.29 is 22.9 Å². The molecule has 0 bridgehead atoms. The lowest BCUT2D eigenvalue weighted by Gasteiger charge is -2.10. The Morgan fingerprint density at radius 2 is 1.93 bits per heavy atom. The van der Waals surface area contributed by atoms with Crippen LogP contribution in [0.4, 0.5) is 24.5 Å². The lowest BCUT2D eigenvalue weighted by atomic mass is 10.2. The second-order valence-electron chi connectivity index (χ2n) is 5.69. The lowest BCUT2D eigenvalue weighted by Crippen LogP contribution is -2.16. The van der Waals surface area contributed by atoms with E-state index in [1.807, 2.05) is 0 Å². The van der Waals surface area contributed by atoms with Gasteiger partial charge in [-0.2, -0.15) is 13.2 Å². The highest BCUT2D eigenvalue weighted by atomic mass is 35.5. The molecule has 1 amide bonds. The number of aromatic nitrogens is 2. The fourth-order valence-electron chi connectivity index (χ4n) is 2.57. The molecule has 0 aliphatic carbocycles. The van der Waals surface area contributed by atoms with Crippen LogP contribution in [0.3, 0.4) is 0 Å². The van der Waals surface area contributed by atoms with Crippen LogP contribution in [0.1, 0.15) is 21.7 Å². The highest BCUT2D eigenvalue weighted by Gasteiger charge is 2.33. The van der Waals surface area contributed by atoms with Crippen molar-refractivity contribution in [1.29, 1.82) is 0 Å². The summed E-state index contributed by atoms with van der Waals surface area (Å²) in [5.41, 5.74) is -1.55. The van der Waals surface area contributed by atoms with Crippen molar-refractivity contribution in [2.45, 2.75) is 13.1 Å². The van der Waals surface area contributed by atoms with Gasteiger partial charge in [-0.1, -0.05) is 23.2 Å². The number of imidazole rings is 1. The number of anilines is 1. The topological polar surface area (TPSA) is 89.5 Å². The largest absolute Gasteiger partial charge is 0.417 e. The number of carbonyl (C=O) groups excluding carboxylic acids is 1. The van der Waals surface area contributed by atoms with E-state index in [2.05, 4.69) is 10.3 Å². The Hall–Kier alpha value is -2.85. The first-order valence-electron chi connectivity index (χ1n) is 7.49. The van der Waals surface area contributed by atoms with Crippen molar-refractivity contribution in [2.75, 3.05) is 5.32 Å². The van der Waals surface area contributed by atoms with E-state index in [9.17, 15) is 28.1 Å². The van der Waals surface area contributed by atoms with E-state index in [0.717, 1.165) is 10.5 Å². The van der Waals surface area contributed by atoms with Gasteiger partial charge < -0.3 is 5.32 Å². The molecule has 12 heteroatoms. The highest BCUT2D eigenvalue weighted by molar-refractivity contribution is 6.33. The number of nitro benzene ring substituents is 1. The number of benzene rings is 1. The number of alkyl halides is 3. The van der Waals surface area contributed by atoms with Crippen LogP contribution in [0.15, 0.2) is 30.5 Å².